The van der Waals surface area contributed by atoms with Gasteiger partial charge in [-0.3, -0.25) is 5.32 Å². The fourth-order valence-electron chi connectivity index (χ4n) is 3.07. The fraction of sp³-hybridized carbons (Fsp3) is 0.333. The second-order valence-corrected chi connectivity index (χ2v) is 7.59. The van der Waals surface area contributed by atoms with Crippen LogP contribution in [0.4, 0.5) is 9.80 Å². The van der Waals surface area contributed by atoms with E-state index < -0.39 is 12.1 Å². The summed E-state index contributed by atoms with van der Waals surface area (Å²) in [7, 11) is 0. The molecule has 0 bridgehead atoms. The number of carbonyl (C=O) groups excluding carboxylic acids is 1. The number of carboxylic acid groups (broad SMARTS) is 1. The summed E-state index contributed by atoms with van der Waals surface area (Å²) in [6.45, 7) is 4.22. The molecular formula is C18H19NO4S. The van der Waals surface area contributed by atoms with E-state index in [1.165, 1.54) is 11.3 Å². The van der Waals surface area contributed by atoms with Crippen LogP contribution in [0.15, 0.2) is 30.3 Å². The maximum absolute atomic E-state index is 12.0. The summed E-state index contributed by atoms with van der Waals surface area (Å²) in [4.78, 5) is 24.8. The Morgan fingerprint density at radius 1 is 1.29 bits per heavy atom. The molecule has 0 spiro atoms. The predicted molar refractivity (Wildman–Crippen MR) is 92.9 cm³/mol. The molecule has 2 aromatic rings. The first-order chi connectivity index (χ1) is 11.4. The predicted octanol–water partition coefficient (Wildman–Crippen LogP) is 4.42. The van der Waals surface area contributed by atoms with Crippen molar-refractivity contribution in [1.82, 2.24) is 0 Å². The smallest absolute Gasteiger partial charge is 0.412 e. The molecule has 0 saturated carbocycles. The van der Waals surface area contributed by atoms with Gasteiger partial charge in [0.1, 0.15) is 11.6 Å². The molecule has 1 amide bonds. The Morgan fingerprint density at radius 2 is 2.00 bits per heavy atom. The van der Waals surface area contributed by atoms with Crippen molar-refractivity contribution in [3.63, 3.8) is 0 Å². The molecule has 1 aliphatic carbocycles. The minimum Gasteiger partial charge on any atom is -0.478 e. The van der Waals surface area contributed by atoms with Crippen LogP contribution in [-0.2, 0) is 23.2 Å². The average molecular weight is 345 g/mol. The van der Waals surface area contributed by atoms with Crippen molar-refractivity contribution in [2.45, 2.75) is 38.7 Å². The van der Waals surface area contributed by atoms with Gasteiger partial charge >= 0.3 is 12.1 Å². The Hall–Kier alpha value is -2.34. The second-order valence-electron chi connectivity index (χ2n) is 6.48. The van der Waals surface area contributed by atoms with Crippen molar-refractivity contribution in [1.29, 1.82) is 0 Å². The molecule has 3 rings (SSSR count). The van der Waals surface area contributed by atoms with Gasteiger partial charge in [-0.2, -0.15) is 0 Å². The van der Waals surface area contributed by atoms with Crippen molar-refractivity contribution < 1.29 is 19.4 Å². The van der Waals surface area contributed by atoms with Crippen molar-refractivity contribution >= 4 is 28.4 Å². The van der Waals surface area contributed by atoms with Crippen molar-refractivity contribution in [2.24, 2.45) is 0 Å². The fourth-order valence-corrected chi connectivity index (χ4v) is 4.42. The van der Waals surface area contributed by atoms with Gasteiger partial charge in [0, 0.05) is 4.88 Å². The number of anilines is 1. The standard InChI is InChI=1S/C18H19NO4S/c1-18(2)9-8-12-14(18)13(16(20)21)15(24-12)19-17(22)23-10-11-6-4-3-5-7-11/h3-7H,8-10H2,1-2H3,(H,19,22)(H,20,21). The van der Waals surface area contributed by atoms with Crippen molar-refractivity contribution in [2.75, 3.05) is 5.32 Å². The number of thiophene rings is 1. The maximum atomic E-state index is 12.0. The summed E-state index contributed by atoms with van der Waals surface area (Å²) in [5.41, 5.74) is 1.74. The zero-order chi connectivity index (χ0) is 17.3. The minimum atomic E-state index is -1.01. The largest absolute Gasteiger partial charge is 0.478 e. The molecule has 126 valence electrons. The molecule has 24 heavy (non-hydrogen) atoms. The number of aromatic carboxylic acids is 1. The SMILES string of the molecule is CC1(C)CCc2sc(NC(=O)OCc3ccccc3)c(C(=O)O)c21. The van der Waals surface area contributed by atoms with Crippen molar-refractivity contribution in [3.8, 4) is 0 Å². The molecule has 0 unspecified atom stereocenters. The second kappa shape index (κ2) is 6.28. The Bertz CT molecular complexity index is 780. The highest BCUT2D eigenvalue weighted by Crippen LogP contribution is 2.48. The van der Waals surface area contributed by atoms with Gasteiger partial charge < -0.3 is 9.84 Å². The summed E-state index contributed by atoms with van der Waals surface area (Å²) in [6, 6.07) is 9.34. The van der Waals surface area contributed by atoms with Crippen LogP contribution in [0.5, 0.6) is 0 Å². The summed E-state index contributed by atoms with van der Waals surface area (Å²) < 4.78 is 5.18. The van der Waals surface area contributed by atoms with Crippen LogP contribution in [0.25, 0.3) is 0 Å². The number of rotatable bonds is 4. The molecule has 1 heterocycles. The quantitative estimate of drug-likeness (QED) is 0.860. The van der Waals surface area contributed by atoms with Crippen LogP contribution in [0.2, 0.25) is 0 Å². The zero-order valence-electron chi connectivity index (χ0n) is 13.6. The normalized spacial score (nSPS) is 14.9. The number of amides is 1. The molecule has 0 saturated heterocycles. The molecule has 1 aromatic carbocycles. The first kappa shape index (κ1) is 16.5. The number of hydrogen-bond donors (Lipinski definition) is 2. The van der Waals surface area contributed by atoms with E-state index in [1.807, 2.05) is 44.2 Å². The minimum absolute atomic E-state index is 0.145. The Balaban J connectivity index is 1.76. The monoisotopic (exact) mass is 345 g/mol. The van der Waals surface area contributed by atoms with Gasteiger partial charge in [-0.25, -0.2) is 9.59 Å². The van der Waals surface area contributed by atoms with Gasteiger partial charge in [-0.1, -0.05) is 44.2 Å². The molecule has 0 atom stereocenters. The number of ether oxygens (including phenoxy) is 1. The van der Waals surface area contributed by atoms with E-state index >= 15 is 0 Å². The van der Waals surface area contributed by atoms with Gasteiger partial charge in [-0.05, 0) is 29.4 Å². The number of aryl methyl sites for hydroxylation is 1. The van der Waals surface area contributed by atoms with Crippen LogP contribution in [0, 0.1) is 0 Å². The topological polar surface area (TPSA) is 75.6 Å². The van der Waals surface area contributed by atoms with Crippen LogP contribution in [-0.4, -0.2) is 17.2 Å². The number of fused-ring (bicyclic) bond motifs is 1. The van der Waals surface area contributed by atoms with Gasteiger partial charge in [0.25, 0.3) is 0 Å². The van der Waals surface area contributed by atoms with Crippen LogP contribution in [0.1, 0.15) is 46.6 Å². The van der Waals surface area contributed by atoms with Gasteiger partial charge in [0.05, 0.1) is 5.56 Å². The summed E-state index contributed by atoms with van der Waals surface area (Å²) in [5, 5.41) is 12.6. The Kier molecular flexibility index (Phi) is 4.32. The van der Waals surface area contributed by atoms with Gasteiger partial charge in [0.15, 0.2) is 0 Å². The summed E-state index contributed by atoms with van der Waals surface area (Å²) >= 11 is 1.34. The third-order valence-corrected chi connectivity index (χ3v) is 5.44. The molecule has 0 radical (unpaired) electrons. The number of carboxylic acids is 1. The average Bonchev–Trinajstić information content (AvgIpc) is 3.04. The lowest BCUT2D eigenvalue weighted by atomic mass is 9.85. The molecule has 0 aliphatic heterocycles. The number of nitrogens with one attached hydrogen (secondary N) is 1. The lowest BCUT2D eigenvalue weighted by Crippen LogP contribution is -2.19. The summed E-state index contributed by atoms with van der Waals surface area (Å²) in [6.07, 6.45) is 1.13. The molecule has 1 aromatic heterocycles. The zero-order valence-corrected chi connectivity index (χ0v) is 14.4. The number of carbonyl (C=O) groups is 2. The lowest BCUT2D eigenvalue weighted by Gasteiger charge is -2.19. The number of hydrogen-bond acceptors (Lipinski definition) is 4. The van der Waals surface area contributed by atoms with E-state index in [1.54, 1.807) is 0 Å². The van der Waals surface area contributed by atoms with E-state index in [9.17, 15) is 14.7 Å². The van der Waals surface area contributed by atoms with E-state index in [0.717, 1.165) is 28.8 Å². The van der Waals surface area contributed by atoms with Crippen molar-refractivity contribution in [3.05, 3.63) is 51.9 Å². The molecular weight excluding hydrogens is 326 g/mol. The highest BCUT2D eigenvalue weighted by Gasteiger charge is 2.38. The molecule has 5 nitrogen and oxygen atoms in total. The first-order valence-electron chi connectivity index (χ1n) is 7.75. The van der Waals surface area contributed by atoms with Crippen LogP contribution < -0.4 is 5.32 Å². The highest BCUT2D eigenvalue weighted by molar-refractivity contribution is 7.17. The molecule has 1 aliphatic rings. The van der Waals surface area contributed by atoms with Gasteiger partial charge in [0.2, 0.25) is 0 Å². The molecule has 6 heteroatoms. The summed E-state index contributed by atoms with van der Waals surface area (Å²) in [5.74, 6) is -1.01. The van der Waals surface area contributed by atoms with E-state index in [0.29, 0.717) is 5.00 Å². The van der Waals surface area contributed by atoms with Crippen LogP contribution in [0.3, 0.4) is 0 Å². The Morgan fingerprint density at radius 3 is 2.67 bits per heavy atom. The third-order valence-electron chi connectivity index (χ3n) is 4.28. The van der Waals surface area contributed by atoms with E-state index in [-0.39, 0.29) is 17.6 Å². The molecule has 0 fully saturated rings. The van der Waals surface area contributed by atoms with Crippen LogP contribution >= 0.6 is 11.3 Å². The maximum Gasteiger partial charge on any atom is 0.412 e. The molecule has 2 N–H and O–H groups in total. The van der Waals surface area contributed by atoms with E-state index in [4.69, 9.17) is 4.74 Å². The number of benzene rings is 1. The van der Waals surface area contributed by atoms with Gasteiger partial charge in [-0.15, -0.1) is 11.3 Å². The first-order valence-corrected chi connectivity index (χ1v) is 8.57. The third kappa shape index (κ3) is 3.14. The highest BCUT2D eigenvalue weighted by atomic mass is 32.1. The lowest BCUT2D eigenvalue weighted by molar-refractivity contribution is 0.0696. The van der Waals surface area contributed by atoms with E-state index in [2.05, 4.69) is 5.32 Å². The Labute approximate surface area is 144 Å².